The van der Waals surface area contributed by atoms with E-state index in [4.69, 9.17) is 4.42 Å². The minimum atomic E-state index is 0.0770. The molecule has 0 N–H and O–H groups in total. The van der Waals surface area contributed by atoms with Crippen molar-refractivity contribution < 1.29 is 9.21 Å². The predicted molar refractivity (Wildman–Crippen MR) is 100 cm³/mol. The highest BCUT2D eigenvalue weighted by molar-refractivity contribution is 7.99. The van der Waals surface area contributed by atoms with Gasteiger partial charge in [0, 0.05) is 11.1 Å². The van der Waals surface area contributed by atoms with Crippen LogP contribution in [0.2, 0.25) is 0 Å². The Kier molecular flexibility index (Phi) is 5.04. The number of carbonyl (C=O) groups excluding carboxylic acids is 1. The average Bonchev–Trinajstić information content (AvgIpc) is 3.11. The number of nitrogens with zero attached hydrogens (tertiary/aromatic N) is 2. The molecule has 0 bridgehead atoms. The van der Waals surface area contributed by atoms with Crippen LogP contribution in [0.3, 0.4) is 0 Å². The Morgan fingerprint density at radius 3 is 2.44 bits per heavy atom. The fourth-order valence-corrected chi connectivity index (χ4v) is 3.32. The summed E-state index contributed by atoms with van der Waals surface area (Å²) in [7, 11) is 0. The molecule has 3 rings (SSSR count). The van der Waals surface area contributed by atoms with Gasteiger partial charge < -0.3 is 4.42 Å². The number of thioether (sulfide) groups is 1. The van der Waals surface area contributed by atoms with E-state index in [9.17, 15) is 4.79 Å². The van der Waals surface area contributed by atoms with E-state index in [1.165, 1.54) is 22.9 Å². The van der Waals surface area contributed by atoms with E-state index in [-0.39, 0.29) is 11.5 Å². The van der Waals surface area contributed by atoms with E-state index < -0.39 is 0 Å². The molecule has 0 saturated carbocycles. The summed E-state index contributed by atoms with van der Waals surface area (Å²) in [4.78, 5) is 12.6. The van der Waals surface area contributed by atoms with Gasteiger partial charge >= 0.3 is 0 Å². The standard InChI is InChI=1S/C20H20N2O2S/c1-12-10-17(15(4)14(3)13(12)2)18(23)11-25-20-22-21-19(24-20)16-8-6-5-7-9-16/h5-10H,11H2,1-4H3. The summed E-state index contributed by atoms with van der Waals surface area (Å²) in [6.45, 7) is 8.19. The van der Waals surface area contributed by atoms with Crippen LogP contribution in [0.1, 0.15) is 32.6 Å². The maximum Gasteiger partial charge on any atom is 0.277 e. The number of rotatable bonds is 5. The van der Waals surface area contributed by atoms with E-state index in [0.717, 1.165) is 22.3 Å². The van der Waals surface area contributed by atoms with E-state index in [2.05, 4.69) is 24.0 Å². The molecule has 2 aromatic carbocycles. The molecule has 1 heterocycles. The van der Waals surface area contributed by atoms with Crippen molar-refractivity contribution in [3.63, 3.8) is 0 Å². The topological polar surface area (TPSA) is 56.0 Å². The van der Waals surface area contributed by atoms with Gasteiger partial charge in [0.25, 0.3) is 5.22 Å². The summed E-state index contributed by atoms with van der Waals surface area (Å²) in [5.41, 5.74) is 6.25. The zero-order valence-electron chi connectivity index (χ0n) is 14.8. The van der Waals surface area contributed by atoms with Gasteiger partial charge in [0.05, 0.1) is 5.75 Å². The molecule has 0 saturated heterocycles. The second kappa shape index (κ2) is 7.23. The lowest BCUT2D eigenvalue weighted by Gasteiger charge is -2.13. The van der Waals surface area contributed by atoms with Gasteiger partial charge in [-0.2, -0.15) is 0 Å². The second-order valence-corrected chi connectivity index (χ2v) is 6.99. The van der Waals surface area contributed by atoms with Gasteiger partial charge in [0.15, 0.2) is 5.78 Å². The van der Waals surface area contributed by atoms with Crippen LogP contribution < -0.4 is 0 Å². The second-order valence-electron chi connectivity index (χ2n) is 6.07. The first-order valence-corrected chi connectivity index (χ1v) is 9.08. The Bertz CT molecular complexity index is 917. The molecule has 0 fully saturated rings. The molecule has 0 spiro atoms. The highest BCUT2D eigenvalue weighted by Crippen LogP contribution is 2.26. The first kappa shape index (κ1) is 17.4. The average molecular weight is 352 g/mol. The summed E-state index contributed by atoms with van der Waals surface area (Å²) in [5.74, 6) is 0.820. The number of carbonyl (C=O) groups is 1. The van der Waals surface area contributed by atoms with Gasteiger partial charge in [-0.1, -0.05) is 30.0 Å². The van der Waals surface area contributed by atoms with Crippen molar-refractivity contribution >= 4 is 17.5 Å². The van der Waals surface area contributed by atoms with Gasteiger partial charge in [0.1, 0.15) is 0 Å². The predicted octanol–water partition coefficient (Wildman–Crippen LogP) is 4.95. The van der Waals surface area contributed by atoms with Crippen LogP contribution in [0.4, 0.5) is 0 Å². The molecule has 0 amide bonds. The zero-order chi connectivity index (χ0) is 18.0. The minimum Gasteiger partial charge on any atom is -0.411 e. The summed E-state index contributed by atoms with van der Waals surface area (Å²) < 4.78 is 5.64. The number of Topliss-reactive ketones (excluding diaryl/α,β-unsaturated/α-hetero) is 1. The van der Waals surface area contributed by atoms with Crippen LogP contribution in [-0.2, 0) is 0 Å². The Hall–Kier alpha value is -2.40. The summed E-state index contributed by atoms with van der Waals surface area (Å²) in [6, 6.07) is 11.6. The zero-order valence-corrected chi connectivity index (χ0v) is 15.6. The molecular formula is C20H20N2O2S. The van der Waals surface area contributed by atoms with Crippen molar-refractivity contribution in [2.45, 2.75) is 32.9 Å². The smallest absolute Gasteiger partial charge is 0.277 e. The van der Waals surface area contributed by atoms with E-state index in [1.54, 1.807) is 0 Å². The molecule has 0 unspecified atom stereocenters. The van der Waals surface area contributed by atoms with Crippen molar-refractivity contribution in [3.05, 3.63) is 64.2 Å². The van der Waals surface area contributed by atoms with Crippen LogP contribution >= 0.6 is 11.8 Å². The van der Waals surface area contributed by atoms with Crippen LogP contribution in [0, 0.1) is 27.7 Å². The van der Waals surface area contributed by atoms with Crippen molar-refractivity contribution in [2.75, 3.05) is 5.75 Å². The lowest BCUT2D eigenvalue weighted by molar-refractivity contribution is 0.102. The van der Waals surface area contributed by atoms with Gasteiger partial charge in [-0.25, -0.2) is 0 Å². The van der Waals surface area contributed by atoms with Crippen molar-refractivity contribution in [1.82, 2.24) is 10.2 Å². The van der Waals surface area contributed by atoms with Crippen LogP contribution in [0.5, 0.6) is 0 Å². The van der Waals surface area contributed by atoms with E-state index in [0.29, 0.717) is 11.1 Å². The quantitative estimate of drug-likeness (QED) is 0.480. The molecule has 0 radical (unpaired) electrons. The number of aromatic nitrogens is 2. The third-order valence-corrected chi connectivity index (χ3v) is 5.35. The Morgan fingerprint density at radius 1 is 1.00 bits per heavy atom. The molecule has 5 heteroatoms. The van der Waals surface area contributed by atoms with E-state index in [1.807, 2.05) is 50.2 Å². The molecule has 0 aliphatic rings. The Balaban J connectivity index is 1.73. The Labute approximate surface area is 151 Å². The summed E-state index contributed by atoms with van der Waals surface area (Å²) >= 11 is 1.27. The highest BCUT2D eigenvalue weighted by Gasteiger charge is 2.16. The number of hydrogen-bond donors (Lipinski definition) is 0. The van der Waals surface area contributed by atoms with Gasteiger partial charge in [-0.3, -0.25) is 4.79 Å². The third kappa shape index (κ3) is 3.66. The lowest BCUT2D eigenvalue weighted by Crippen LogP contribution is -2.08. The molecule has 1 aromatic heterocycles. The van der Waals surface area contributed by atoms with Crippen LogP contribution in [-0.4, -0.2) is 21.7 Å². The number of hydrogen-bond acceptors (Lipinski definition) is 5. The number of ketones is 1. The molecule has 3 aromatic rings. The molecule has 128 valence electrons. The first-order chi connectivity index (χ1) is 12.0. The molecule has 4 nitrogen and oxygen atoms in total. The fourth-order valence-electron chi connectivity index (χ4n) is 2.67. The van der Waals surface area contributed by atoms with Gasteiger partial charge in [-0.05, 0) is 68.1 Å². The maximum absolute atomic E-state index is 12.6. The van der Waals surface area contributed by atoms with Crippen molar-refractivity contribution in [2.24, 2.45) is 0 Å². The molecule has 0 aliphatic carbocycles. The minimum absolute atomic E-state index is 0.0770. The molecule has 0 atom stereocenters. The van der Waals surface area contributed by atoms with Crippen LogP contribution in [0.25, 0.3) is 11.5 Å². The summed E-state index contributed by atoms with van der Waals surface area (Å²) in [6.07, 6.45) is 0. The Morgan fingerprint density at radius 2 is 1.72 bits per heavy atom. The SMILES string of the molecule is Cc1cc(C(=O)CSc2nnc(-c3ccccc3)o2)c(C)c(C)c1C. The largest absolute Gasteiger partial charge is 0.411 e. The monoisotopic (exact) mass is 352 g/mol. The third-order valence-electron chi connectivity index (χ3n) is 4.54. The van der Waals surface area contributed by atoms with E-state index >= 15 is 0 Å². The number of benzene rings is 2. The molecule has 25 heavy (non-hydrogen) atoms. The molecular weight excluding hydrogens is 332 g/mol. The fraction of sp³-hybridized carbons (Fsp3) is 0.250. The normalized spacial score (nSPS) is 10.9. The maximum atomic E-state index is 12.6. The van der Waals surface area contributed by atoms with Gasteiger partial charge in [-0.15, -0.1) is 10.2 Å². The van der Waals surface area contributed by atoms with Crippen molar-refractivity contribution in [3.8, 4) is 11.5 Å². The number of aryl methyl sites for hydroxylation is 1. The highest BCUT2D eigenvalue weighted by atomic mass is 32.2. The lowest BCUT2D eigenvalue weighted by atomic mass is 9.93. The first-order valence-electron chi connectivity index (χ1n) is 8.09. The van der Waals surface area contributed by atoms with Crippen LogP contribution in [0.15, 0.2) is 46.0 Å². The van der Waals surface area contributed by atoms with Crippen molar-refractivity contribution in [1.29, 1.82) is 0 Å². The molecule has 0 aliphatic heterocycles. The van der Waals surface area contributed by atoms with Gasteiger partial charge in [0.2, 0.25) is 5.89 Å². The summed E-state index contributed by atoms with van der Waals surface area (Å²) in [5, 5.41) is 8.48.